The number of allylic oxidation sites excluding steroid dienone is 1. The molecule has 0 aliphatic carbocycles. The molecule has 0 radical (unpaired) electrons. The van der Waals surface area contributed by atoms with Gasteiger partial charge in [-0.2, -0.15) is 4.57 Å². The fourth-order valence-corrected chi connectivity index (χ4v) is 4.51. The van der Waals surface area contributed by atoms with E-state index in [2.05, 4.69) is 76.7 Å². The third kappa shape index (κ3) is 3.92. The number of hydrogen-bond acceptors (Lipinski definition) is 2. The minimum atomic E-state index is 0. The smallest absolute Gasteiger partial charge is 0.263 e. The van der Waals surface area contributed by atoms with Gasteiger partial charge < -0.3 is 21.9 Å². The first-order valence-electron chi connectivity index (χ1n) is 8.90. The number of rotatable bonds is 5. The van der Waals surface area contributed by atoms with Crippen LogP contribution in [0.25, 0.3) is 22.4 Å². The number of fused-ring (bicyclic) bond motifs is 1. The molecule has 0 bridgehead atoms. The summed E-state index contributed by atoms with van der Waals surface area (Å²) in [7, 11) is 0. The van der Waals surface area contributed by atoms with E-state index in [0.717, 1.165) is 6.54 Å². The van der Waals surface area contributed by atoms with Gasteiger partial charge in [-0.25, -0.2) is 0 Å². The highest BCUT2D eigenvalue weighted by atomic mass is 79.9. The molecule has 1 fully saturated rings. The van der Waals surface area contributed by atoms with Crippen molar-refractivity contribution in [3.63, 3.8) is 0 Å². The Bertz CT molecular complexity index is 906. The van der Waals surface area contributed by atoms with Crippen LogP contribution in [0.15, 0.2) is 61.2 Å². The lowest BCUT2D eigenvalue weighted by Crippen LogP contribution is -3.00. The molecule has 0 amide bonds. The van der Waals surface area contributed by atoms with Gasteiger partial charge in [0.1, 0.15) is 4.70 Å². The van der Waals surface area contributed by atoms with Crippen LogP contribution in [0.1, 0.15) is 23.4 Å². The largest absolute Gasteiger partial charge is 1.00 e. The lowest BCUT2D eigenvalue weighted by atomic mass is 10.2. The standard InChI is InChI=1S/C22H23N2S.BrH/c1-2-15-24-20-7-3-4-8-21(20)25-22(24)14-11-18-9-12-19(13-10-18)23-16-5-6-17-23;/h2-4,7-14H,1,5-6,15-17H2;1H/q+1;/p-1. The van der Waals surface area contributed by atoms with E-state index in [9.17, 15) is 0 Å². The topological polar surface area (TPSA) is 7.12 Å². The Hall–Kier alpha value is -1.91. The molecule has 4 heteroatoms. The van der Waals surface area contributed by atoms with Crippen molar-refractivity contribution in [1.29, 1.82) is 0 Å². The molecule has 0 spiro atoms. The molecular formula is C22H23BrN2S. The first-order valence-corrected chi connectivity index (χ1v) is 9.72. The van der Waals surface area contributed by atoms with Crippen LogP contribution in [-0.2, 0) is 6.54 Å². The Balaban J connectivity index is 0.00000196. The van der Waals surface area contributed by atoms with Gasteiger partial charge in [-0.15, -0.1) is 0 Å². The van der Waals surface area contributed by atoms with Crippen LogP contribution in [0.3, 0.4) is 0 Å². The van der Waals surface area contributed by atoms with E-state index in [1.54, 1.807) is 0 Å². The van der Waals surface area contributed by atoms with Crippen LogP contribution in [0.4, 0.5) is 5.69 Å². The summed E-state index contributed by atoms with van der Waals surface area (Å²) >= 11 is 1.83. The second-order valence-electron chi connectivity index (χ2n) is 6.43. The van der Waals surface area contributed by atoms with Crippen molar-refractivity contribution < 1.29 is 21.5 Å². The van der Waals surface area contributed by atoms with Crippen molar-refractivity contribution >= 4 is 39.4 Å². The molecule has 0 unspecified atom stereocenters. The van der Waals surface area contributed by atoms with E-state index < -0.39 is 0 Å². The molecule has 1 aliphatic rings. The average molecular weight is 427 g/mol. The van der Waals surface area contributed by atoms with Crippen molar-refractivity contribution in [3.8, 4) is 0 Å². The van der Waals surface area contributed by atoms with E-state index >= 15 is 0 Å². The third-order valence-electron chi connectivity index (χ3n) is 4.73. The molecule has 1 aromatic heterocycles. The fraction of sp³-hybridized carbons (Fsp3) is 0.227. The second kappa shape index (κ2) is 8.65. The van der Waals surface area contributed by atoms with E-state index in [-0.39, 0.29) is 17.0 Å². The predicted molar refractivity (Wildman–Crippen MR) is 109 cm³/mol. The van der Waals surface area contributed by atoms with Crippen LogP contribution >= 0.6 is 11.3 Å². The summed E-state index contributed by atoms with van der Waals surface area (Å²) < 4.78 is 3.63. The van der Waals surface area contributed by atoms with Crippen LogP contribution in [-0.4, -0.2) is 13.1 Å². The summed E-state index contributed by atoms with van der Waals surface area (Å²) in [5, 5.41) is 1.25. The van der Waals surface area contributed by atoms with E-state index in [0.29, 0.717) is 0 Å². The Labute approximate surface area is 169 Å². The van der Waals surface area contributed by atoms with Crippen LogP contribution in [0.5, 0.6) is 0 Å². The zero-order valence-corrected chi connectivity index (χ0v) is 17.2. The Morgan fingerprint density at radius 1 is 1.00 bits per heavy atom. The Morgan fingerprint density at radius 2 is 1.73 bits per heavy atom. The van der Waals surface area contributed by atoms with Gasteiger partial charge in [0.2, 0.25) is 5.52 Å². The van der Waals surface area contributed by atoms with Gasteiger partial charge in [0.25, 0.3) is 5.01 Å². The highest BCUT2D eigenvalue weighted by molar-refractivity contribution is 7.18. The zero-order chi connectivity index (χ0) is 17.1. The Kier molecular flexibility index (Phi) is 6.28. The first-order chi connectivity index (χ1) is 12.3. The third-order valence-corrected chi connectivity index (χ3v) is 5.86. The fourth-order valence-electron chi connectivity index (χ4n) is 3.43. The molecule has 4 rings (SSSR count). The van der Waals surface area contributed by atoms with Crippen molar-refractivity contribution in [2.75, 3.05) is 18.0 Å². The van der Waals surface area contributed by atoms with Crippen LogP contribution in [0, 0.1) is 0 Å². The molecule has 2 aromatic carbocycles. The van der Waals surface area contributed by atoms with Crippen LogP contribution in [0.2, 0.25) is 0 Å². The summed E-state index contributed by atoms with van der Waals surface area (Å²) in [6, 6.07) is 17.5. The monoisotopic (exact) mass is 426 g/mol. The minimum absolute atomic E-state index is 0. The van der Waals surface area contributed by atoms with Crippen LogP contribution < -0.4 is 26.4 Å². The molecule has 0 atom stereocenters. The van der Waals surface area contributed by atoms with Crippen molar-refractivity contribution in [1.82, 2.24) is 0 Å². The van der Waals surface area contributed by atoms with Gasteiger partial charge in [0, 0.05) is 30.9 Å². The number of hydrogen-bond donors (Lipinski definition) is 0. The van der Waals surface area contributed by atoms with Crippen molar-refractivity contribution in [2.24, 2.45) is 0 Å². The second-order valence-corrected chi connectivity index (χ2v) is 7.49. The lowest BCUT2D eigenvalue weighted by molar-refractivity contribution is -0.658. The number of nitrogens with zero attached hydrogens (tertiary/aromatic N) is 2. The lowest BCUT2D eigenvalue weighted by Gasteiger charge is -2.17. The van der Waals surface area contributed by atoms with Gasteiger partial charge in [-0.3, -0.25) is 0 Å². The number of benzene rings is 2. The van der Waals surface area contributed by atoms with Gasteiger partial charge in [-0.05, 0) is 48.8 Å². The molecular weight excluding hydrogens is 404 g/mol. The van der Waals surface area contributed by atoms with Crippen molar-refractivity contribution in [3.05, 3.63) is 71.8 Å². The summed E-state index contributed by atoms with van der Waals surface area (Å²) in [5.74, 6) is 0. The van der Waals surface area contributed by atoms with Gasteiger partial charge in [-0.1, -0.05) is 42.2 Å². The number of thiazole rings is 1. The molecule has 2 heterocycles. The summed E-state index contributed by atoms with van der Waals surface area (Å²) in [5.41, 5.74) is 3.86. The molecule has 134 valence electrons. The molecule has 2 nitrogen and oxygen atoms in total. The van der Waals surface area contributed by atoms with E-state index in [4.69, 9.17) is 0 Å². The summed E-state index contributed by atoms with van der Waals surface area (Å²) in [4.78, 5) is 2.47. The molecule has 0 saturated carbocycles. The molecule has 26 heavy (non-hydrogen) atoms. The predicted octanol–water partition coefficient (Wildman–Crippen LogP) is 2.15. The SMILES string of the molecule is C=CC[n+]1c(/C=C/c2ccc(N3CCCC3)cc2)sc2ccccc21.[Br-]. The summed E-state index contributed by atoms with van der Waals surface area (Å²) in [6.07, 6.45) is 9.02. The maximum Gasteiger partial charge on any atom is 0.263 e. The molecule has 0 N–H and O–H groups in total. The average Bonchev–Trinajstić information content (AvgIpc) is 3.30. The van der Waals surface area contributed by atoms with E-state index in [1.807, 2.05) is 17.4 Å². The number of anilines is 1. The quantitative estimate of drug-likeness (QED) is 0.447. The molecule has 3 aromatic rings. The summed E-state index contributed by atoms with van der Waals surface area (Å²) in [6.45, 7) is 7.12. The maximum atomic E-state index is 3.90. The number of halogens is 1. The normalized spacial score (nSPS) is 14.1. The molecule has 1 aliphatic heterocycles. The highest BCUT2D eigenvalue weighted by Gasteiger charge is 2.16. The van der Waals surface area contributed by atoms with Gasteiger partial charge >= 0.3 is 0 Å². The Morgan fingerprint density at radius 3 is 2.46 bits per heavy atom. The maximum absolute atomic E-state index is 3.90. The minimum Gasteiger partial charge on any atom is -1.00 e. The number of aromatic nitrogens is 1. The van der Waals surface area contributed by atoms with E-state index in [1.165, 1.54) is 52.4 Å². The van der Waals surface area contributed by atoms with Gasteiger partial charge in [0.15, 0.2) is 6.54 Å². The first kappa shape index (κ1) is 18.9. The van der Waals surface area contributed by atoms with Crippen molar-refractivity contribution in [2.45, 2.75) is 19.4 Å². The van der Waals surface area contributed by atoms with Gasteiger partial charge in [0.05, 0.1) is 0 Å². The highest BCUT2D eigenvalue weighted by Crippen LogP contribution is 2.23. The number of para-hydroxylation sites is 1. The molecule has 1 saturated heterocycles. The zero-order valence-electron chi connectivity index (χ0n) is 14.8.